The Balaban J connectivity index is 1.87. The fourth-order valence-electron chi connectivity index (χ4n) is 3.66. The first-order valence-electron chi connectivity index (χ1n) is 11.6. The van der Waals surface area contributed by atoms with Gasteiger partial charge in [-0.3, -0.25) is 4.79 Å². The molecule has 0 bridgehead atoms. The number of esters is 1. The summed E-state index contributed by atoms with van der Waals surface area (Å²) in [6.45, 7) is 1.66. The highest BCUT2D eigenvalue weighted by Crippen LogP contribution is 2.42. The minimum absolute atomic E-state index is 0.0524. The molecular formula is C27H20Br2F3N3O5. The van der Waals surface area contributed by atoms with Crippen molar-refractivity contribution in [2.75, 3.05) is 20.3 Å². The molecule has 0 saturated carbocycles. The van der Waals surface area contributed by atoms with E-state index in [1.54, 1.807) is 37.3 Å². The third-order valence-corrected chi connectivity index (χ3v) is 7.67. The zero-order valence-corrected chi connectivity index (χ0v) is 24.1. The fraction of sp³-hybridized carbons (Fsp3) is 0.185. The summed E-state index contributed by atoms with van der Waals surface area (Å²) in [5, 5.41) is 4.56. The van der Waals surface area contributed by atoms with Crippen LogP contribution in [0.15, 0.2) is 73.4 Å². The highest BCUT2D eigenvalue weighted by molar-refractivity contribution is 9.13. The van der Waals surface area contributed by atoms with Crippen molar-refractivity contribution < 1.29 is 32.2 Å². The first-order chi connectivity index (χ1) is 19.0. The summed E-state index contributed by atoms with van der Waals surface area (Å²) < 4.78 is 58.0. The van der Waals surface area contributed by atoms with Gasteiger partial charge in [0.25, 0.3) is 5.56 Å². The lowest BCUT2D eigenvalue weighted by atomic mass is 10.1. The van der Waals surface area contributed by atoms with Crippen molar-refractivity contribution in [2.24, 2.45) is 5.10 Å². The van der Waals surface area contributed by atoms with Crippen LogP contribution in [0.5, 0.6) is 11.5 Å². The van der Waals surface area contributed by atoms with Crippen molar-refractivity contribution in [3.05, 3.63) is 85.0 Å². The Labute approximate surface area is 242 Å². The number of hydrogen-bond acceptors (Lipinski definition) is 7. The molecule has 0 spiro atoms. The minimum Gasteiger partial charge on any atom is -0.490 e. The van der Waals surface area contributed by atoms with Gasteiger partial charge in [-0.05, 0) is 69.1 Å². The van der Waals surface area contributed by atoms with Gasteiger partial charge in [0.05, 0.1) is 40.9 Å². The monoisotopic (exact) mass is 681 g/mol. The number of rotatable bonds is 8. The number of carbonyl (C=O) groups is 1. The van der Waals surface area contributed by atoms with Crippen LogP contribution < -0.4 is 15.0 Å². The molecule has 3 aromatic carbocycles. The standard InChI is InChI=1S/C27H20Br2F3N3O5/c1-3-39-20-12-16(22(28)23(29)24(20)40-14-21(36)38-2)13-33-35-25(15-7-6-8-17(11-15)27(30,31)32)34-19-10-5-4-9-18(19)26(35)37/h4-13H,3,14H2,1-2H3. The maximum Gasteiger partial charge on any atom is 0.416 e. The van der Waals surface area contributed by atoms with E-state index < -0.39 is 23.3 Å². The quantitative estimate of drug-likeness (QED) is 0.157. The highest BCUT2D eigenvalue weighted by Gasteiger charge is 2.31. The van der Waals surface area contributed by atoms with Gasteiger partial charge in [-0.1, -0.05) is 24.3 Å². The van der Waals surface area contributed by atoms with Crippen LogP contribution in [0.1, 0.15) is 18.1 Å². The first kappa shape index (κ1) is 29.3. The van der Waals surface area contributed by atoms with Crippen molar-refractivity contribution in [1.29, 1.82) is 0 Å². The lowest BCUT2D eigenvalue weighted by Gasteiger charge is -2.16. The zero-order valence-electron chi connectivity index (χ0n) is 21.0. The van der Waals surface area contributed by atoms with Crippen LogP contribution in [0.25, 0.3) is 22.3 Å². The second kappa shape index (κ2) is 12.2. The van der Waals surface area contributed by atoms with E-state index in [9.17, 15) is 22.8 Å². The van der Waals surface area contributed by atoms with Gasteiger partial charge in [-0.2, -0.15) is 22.9 Å². The Morgan fingerprint density at radius 3 is 2.52 bits per heavy atom. The summed E-state index contributed by atoms with van der Waals surface area (Å²) in [4.78, 5) is 29.5. The molecule has 0 fully saturated rings. The molecule has 8 nitrogen and oxygen atoms in total. The number of ether oxygens (including phenoxy) is 3. The molecule has 0 aliphatic carbocycles. The lowest BCUT2D eigenvalue weighted by molar-refractivity contribution is -0.143. The molecule has 1 aromatic heterocycles. The van der Waals surface area contributed by atoms with E-state index in [0.717, 1.165) is 16.8 Å². The Kier molecular flexibility index (Phi) is 8.94. The lowest BCUT2D eigenvalue weighted by Crippen LogP contribution is -2.20. The van der Waals surface area contributed by atoms with Gasteiger partial charge in [-0.25, -0.2) is 9.78 Å². The zero-order chi connectivity index (χ0) is 29.0. The van der Waals surface area contributed by atoms with Crippen LogP contribution in [0, 0.1) is 0 Å². The van der Waals surface area contributed by atoms with Gasteiger partial charge in [-0.15, -0.1) is 0 Å². The number of alkyl halides is 3. The molecule has 40 heavy (non-hydrogen) atoms. The van der Waals surface area contributed by atoms with E-state index in [1.165, 1.54) is 25.5 Å². The molecule has 208 valence electrons. The number of methoxy groups -OCH3 is 1. The predicted molar refractivity (Wildman–Crippen MR) is 150 cm³/mol. The maximum absolute atomic E-state index is 13.5. The topological polar surface area (TPSA) is 92.0 Å². The summed E-state index contributed by atoms with van der Waals surface area (Å²) in [6.07, 6.45) is -3.26. The van der Waals surface area contributed by atoms with Gasteiger partial charge in [0.1, 0.15) is 0 Å². The van der Waals surface area contributed by atoms with Crippen LogP contribution in [-0.2, 0) is 15.7 Å². The normalized spacial score (nSPS) is 11.7. The molecule has 0 aliphatic rings. The molecule has 0 radical (unpaired) electrons. The van der Waals surface area contributed by atoms with Crippen LogP contribution in [0.2, 0.25) is 0 Å². The van der Waals surface area contributed by atoms with Gasteiger partial charge < -0.3 is 14.2 Å². The average Bonchev–Trinajstić information content (AvgIpc) is 2.94. The van der Waals surface area contributed by atoms with Crippen LogP contribution in [0.3, 0.4) is 0 Å². The number of aromatic nitrogens is 2. The van der Waals surface area contributed by atoms with Crippen LogP contribution in [-0.4, -0.2) is 42.2 Å². The second-order valence-corrected chi connectivity index (χ2v) is 9.70. The predicted octanol–water partition coefficient (Wildman–Crippen LogP) is 6.44. The number of nitrogens with zero attached hydrogens (tertiary/aromatic N) is 3. The number of fused-ring (bicyclic) bond motifs is 1. The van der Waals surface area contributed by atoms with Crippen molar-refractivity contribution in [1.82, 2.24) is 9.66 Å². The van der Waals surface area contributed by atoms with Crippen molar-refractivity contribution in [3.8, 4) is 22.9 Å². The van der Waals surface area contributed by atoms with Crippen molar-refractivity contribution >= 4 is 54.9 Å². The molecule has 4 rings (SSSR count). The van der Waals surface area contributed by atoms with Gasteiger partial charge >= 0.3 is 12.1 Å². The van der Waals surface area contributed by atoms with E-state index in [4.69, 9.17) is 9.47 Å². The summed E-state index contributed by atoms with van der Waals surface area (Å²) in [5.41, 5.74) is -0.681. The number of benzene rings is 3. The summed E-state index contributed by atoms with van der Waals surface area (Å²) in [6, 6.07) is 12.5. The Hall–Kier alpha value is -3.71. The molecule has 0 aliphatic heterocycles. The maximum atomic E-state index is 13.5. The van der Waals surface area contributed by atoms with E-state index in [-0.39, 0.29) is 41.5 Å². The molecule has 0 amide bonds. The molecule has 0 unspecified atom stereocenters. The third kappa shape index (κ3) is 6.20. The van der Waals surface area contributed by atoms with Gasteiger partial charge in [0.15, 0.2) is 23.9 Å². The summed E-state index contributed by atoms with van der Waals surface area (Å²) in [7, 11) is 1.23. The molecular weight excluding hydrogens is 663 g/mol. The van der Waals surface area contributed by atoms with Crippen LogP contribution >= 0.6 is 31.9 Å². The van der Waals surface area contributed by atoms with Crippen LogP contribution in [0.4, 0.5) is 13.2 Å². The SMILES string of the molecule is CCOc1cc(C=Nn2c(-c3cccc(C(F)(F)F)c3)nc3ccccc3c2=O)c(Br)c(Br)c1OCC(=O)OC. The molecule has 0 saturated heterocycles. The van der Waals surface area contributed by atoms with Gasteiger partial charge in [0, 0.05) is 15.6 Å². The molecule has 1 heterocycles. The van der Waals surface area contributed by atoms with E-state index in [0.29, 0.717) is 20.0 Å². The smallest absolute Gasteiger partial charge is 0.416 e. The number of para-hydroxylation sites is 1. The fourth-order valence-corrected chi connectivity index (χ4v) is 4.59. The van der Waals surface area contributed by atoms with E-state index >= 15 is 0 Å². The Morgan fingerprint density at radius 1 is 1.07 bits per heavy atom. The average molecular weight is 683 g/mol. The largest absolute Gasteiger partial charge is 0.490 e. The third-order valence-electron chi connectivity index (χ3n) is 5.53. The van der Waals surface area contributed by atoms with Crippen molar-refractivity contribution in [3.63, 3.8) is 0 Å². The first-order valence-corrected chi connectivity index (χ1v) is 13.2. The van der Waals surface area contributed by atoms with E-state index in [2.05, 4.69) is 46.7 Å². The molecule has 0 N–H and O–H groups in total. The highest BCUT2D eigenvalue weighted by atomic mass is 79.9. The van der Waals surface area contributed by atoms with Crippen molar-refractivity contribution in [2.45, 2.75) is 13.1 Å². The van der Waals surface area contributed by atoms with E-state index in [1.807, 2.05) is 0 Å². The summed E-state index contributed by atoms with van der Waals surface area (Å²) >= 11 is 6.87. The minimum atomic E-state index is -4.59. The second-order valence-electron chi connectivity index (χ2n) is 8.11. The Bertz CT molecular complexity index is 1670. The molecule has 13 heteroatoms. The number of carbonyl (C=O) groups excluding carboxylic acids is 1. The van der Waals surface area contributed by atoms with Gasteiger partial charge in [0.2, 0.25) is 0 Å². The molecule has 4 aromatic rings. The number of hydrogen-bond donors (Lipinski definition) is 0. The summed E-state index contributed by atoms with van der Waals surface area (Å²) in [5.74, 6) is -0.179. The Morgan fingerprint density at radius 2 is 1.82 bits per heavy atom. The number of halogens is 5. The molecule has 0 atom stereocenters.